The number of unbranched alkanes of at least 4 members (excludes halogenated alkanes) is 2. The second-order valence-corrected chi connectivity index (χ2v) is 4.83. The Hall–Kier alpha value is -1.31. The maximum Gasteiger partial charge on any atom is 0.123 e. The number of halogens is 1. The summed E-state index contributed by atoms with van der Waals surface area (Å²) in [5.74, 6) is 0.344. The van der Waals surface area contributed by atoms with E-state index in [-0.39, 0.29) is 5.82 Å². The van der Waals surface area contributed by atoms with Crippen molar-refractivity contribution < 1.29 is 4.39 Å². The molecule has 0 aliphatic carbocycles. The van der Waals surface area contributed by atoms with E-state index in [1.54, 1.807) is 6.07 Å². The fourth-order valence-corrected chi connectivity index (χ4v) is 2.38. The number of aromatic amines is 1. The van der Waals surface area contributed by atoms with Gasteiger partial charge in [0.1, 0.15) is 5.82 Å². The van der Waals surface area contributed by atoms with E-state index in [2.05, 4.69) is 18.8 Å². The number of rotatable bonds is 5. The molecule has 0 amide bonds. The summed E-state index contributed by atoms with van der Waals surface area (Å²) in [6.45, 7) is 4.44. The molecule has 2 aromatic rings. The average molecular weight is 233 g/mol. The smallest absolute Gasteiger partial charge is 0.123 e. The van der Waals surface area contributed by atoms with E-state index in [9.17, 15) is 4.39 Å². The van der Waals surface area contributed by atoms with Crippen LogP contribution in [0.25, 0.3) is 10.9 Å². The molecule has 1 unspecified atom stereocenters. The van der Waals surface area contributed by atoms with E-state index in [4.69, 9.17) is 0 Å². The Morgan fingerprint density at radius 1 is 1.29 bits per heavy atom. The highest BCUT2D eigenvalue weighted by Gasteiger charge is 2.11. The summed E-state index contributed by atoms with van der Waals surface area (Å²) >= 11 is 0. The molecule has 0 saturated heterocycles. The highest BCUT2D eigenvalue weighted by Crippen LogP contribution is 2.29. The molecule has 1 aromatic heterocycles. The topological polar surface area (TPSA) is 15.8 Å². The Morgan fingerprint density at radius 2 is 2.12 bits per heavy atom. The molecule has 0 spiro atoms. The van der Waals surface area contributed by atoms with Crippen LogP contribution in [0, 0.1) is 5.82 Å². The zero-order chi connectivity index (χ0) is 12.3. The molecule has 1 heterocycles. The van der Waals surface area contributed by atoms with E-state index in [0.29, 0.717) is 5.92 Å². The van der Waals surface area contributed by atoms with Crippen LogP contribution in [0.15, 0.2) is 24.4 Å². The minimum atomic E-state index is -0.154. The first kappa shape index (κ1) is 12.2. The summed E-state index contributed by atoms with van der Waals surface area (Å²) in [6, 6.07) is 4.95. The van der Waals surface area contributed by atoms with Gasteiger partial charge in [0.2, 0.25) is 0 Å². The number of fused-ring (bicyclic) bond motifs is 1. The van der Waals surface area contributed by atoms with Crippen molar-refractivity contribution in [3.63, 3.8) is 0 Å². The van der Waals surface area contributed by atoms with E-state index in [1.165, 1.54) is 37.3 Å². The van der Waals surface area contributed by atoms with E-state index >= 15 is 0 Å². The van der Waals surface area contributed by atoms with Crippen molar-refractivity contribution in [2.24, 2.45) is 0 Å². The van der Waals surface area contributed by atoms with Gasteiger partial charge in [-0.3, -0.25) is 0 Å². The molecule has 92 valence electrons. The summed E-state index contributed by atoms with van der Waals surface area (Å²) in [7, 11) is 0. The Bertz CT molecular complexity index is 487. The van der Waals surface area contributed by atoms with Crippen LogP contribution in [0.5, 0.6) is 0 Å². The molecule has 1 atom stereocenters. The summed E-state index contributed by atoms with van der Waals surface area (Å²) in [5.41, 5.74) is 2.28. The van der Waals surface area contributed by atoms with Crippen LogP contribution in [0.1, 0.15) is 51.0 Å². The molecular formula is C15H20FN. The molecule has 1 nitrogen and oxygen atoms in total. The molecule has 1 aromatic carbocycles. The van der Waals surface area contributed by atoms with E-state index < -0.39 is 0 Å². The minimum Gasteiger partial charge on any atom is -0.361 e. The number of benzene rings is 1. The van der Waals surface area contributed by atoms with Crippen LogP contribution in [-0.2, 0) is 0 Å². The highest BCUT2D eigenvalue weighted by molar-refractivity contribution is 5.83. The van der Waals surface area contributed by atoms with Gasteiger partial charge in [0, 0.05) is 17.1 Å². The van der Waals surface area contributed by atoms with Crippen LogP contribution in [0.2, 0.25) is 0 Å². The van der Waals surface area contributed by atoms with Gasteiger partial charge in [-0.2, -0.15) is 0 Å². The third-order valence-electron chi connectivity index (χ3n) is 3.45. The first-order valence-electron chi connectivity index (χ1n) is 6.49. The summed E-state index contributed by atoms with van der Waals surface area (Å²) < 4.78 is 13.3. The third-order valence-corrected chi connectivity index (χ3v) is 3.45. The van der Waals surface area contributed by atoms with Crippen molar-refractivity contribution >= 4 is 10.9 Å². The van der Waals surface area contributed by atoms with Crippen molar-refractivity contribution in [3.8, 4) is 0 Å². The lowest BCUT2D eigenvalue weighted by Crippen LogP contribution is -1.92. The molecule has 0 radical (unpaired) electrons. The van der Waals surface area contributed by atoms with Gasteiger partial charge < -0.3 is 4.98 Å². The summed E-state index contributed by atoms with van der Waals surface area (Å²) in [5, 5.41) is 1.04. The largest absolute Gasteiger partial charge is 0.361 e. The van der Waals surface area contributed by atoms with Gasteiger partial charge in [-0.1, -0.05) is 33.1 Å². The quantitative estimate of drug-likeness (QED) is 0.700. The first-order chi connectivity index (χ1) is 8.22. The minimum absolute atomic E-state index is 0.154. The zero-order valence-electron chi connectivity index (χ0n) is 10.6. The fourth-order valence-electron chi connectivity index (χ4n) is 2.38. The van der Waals surface area contributed by atoms with Crippen LogP contribution in [0.4, 0.5) is 4.39 Å². The Morgan fingerprint density at radius 3 is 2.88 bits per heavy atom. The van der Waals surface area contributed by atoms with Gasteiger partial charge in [-0.25, -0.2) is 4.39 Å². The van der Waals surface area contributed by atoms with Gasteiger partial charge in [-0.15, -0.1) is 0 Å². The summed E-state index contributed by atoms with van der Waals surface area (Å²) in [6.07, 6.45) is 6.98. The Balaban J connectivity index is 2.19. The van der Waals surface area contributed by atoms with Gasteiger partial charge in [0.25, 0.3) is 0 Å². The molecular weight excluding hydrogens is 213 g/mol. The van der Waals surface area contributed by atoms with Crippen LogP contribution >= 0.6 is 0 Å². The number of hydrogen-bond acceptors (Lipinski definition) is 0. The Labute approximate surface area is 102 Å². The SMILES string of the molecule is CCCCCC(C)c1c[nH]c2ccc(F)cc12. The van der Waals surface area contributed by atoms with E-state index in [1.807, 2.05) is 12.3 Å². The van der Waals surface area contributed by atoms with Gasteiger partial charge in [0.15, 0.2) is 0 Å². The lowest BCUT2D eigenvalue weighted by molar-refractivity contribution is 0.600. The second kappa shape index (κ2) is 5.35. The average Bonchev–Trinajstić information content (AvgIpc) is 2.72. The predicted molar refractivity (Wildman–Crippen MR) is 70.8 cm³/mol. The van der Waals surface area contributed by atoms with Crippen molar-refractivity contribution in [1.82, 2.24) is 4.98 Å². The molecule has 0 bridgehead atoms. The van der Waals surface area contributed by atoms with Crippen LogP contribution in [0.3, 0.4) is 0 Å². The van der Waals surface area contributed by atoms with Gasteiger partial charge >= 0.3 is 0 Å². The van der Waals surface area contributed by atoms with Gasteiger partial charge in [0.05, 0.1) is 0 Å². The first-order valence-corrected chi connectivity index (χ1v) is 6.49. The van der Waals surface area contributed by atoms with Crippen LogP contribution < -0.4 is 0 Å². The molecule has 1 N–H and O–H groups in total. The van der Waals surface area contributed by atoms with E-state index in [0.717, 1.165) is 10.9 Å². The molecule has 17 heavy (non-hydrogen) atoms. The fraction of sp³-hybridized carbons (Fsp3) is 0.467. The molecule has 2 rings (SSSR count). The van der Waals surface area contributed by atoms with Crippen molar-refractivity contribution in [3.05, 3.63) is 35.8 Å². The van der Waals surface area contributed by atoms with Crippen molar-refractivity contribution in [1.29, 1.82) is 0 Å². The lowest BCUT2D eigenvalue weighted by atomic mass is 9.95. The number of aromatic nitrogens is 1. The maximum atomic E-state index is 13.3. The number of H-pyrrole nitrogens is 1. The molecule has 0 saturated carbocycles. The molecule has 0 fully saturated rings. The Kier molecular flexibility index (Phi) is 3.82. The molecule has 0 aliphatic rings. The van der Waals surface area contributed by atoms with Crippen molar-refractivity contribution in [2.75, 3.05) is 0 Å². The standard InChI is InChI=1S/C15H20FN/c1-3-4-5-6-11(2)14-10-17-15-8-7-12(16)9-13(14)15/h7-11,17H,3-6H2,1-2H3. The lowest BCUT2D eigenvalue weighted by Gasteiger charge is -2.10. The highest BCUT2D eigenvalue weighted by atomic mass is 19.1. The maximum absolute atomic E-state index is 13.3. The third kappa shape index (κ3) is 2.68. The zero-order valence-corrected chi connectivity index (χ0v) is 10.6. The normalized spacial score (nSPS) is 13.1. The molecule has 0 aliphatic heterocycles. The van der Waals surface area contributed by atoms with Crippen molar-refractivity contribution in [2.45, 2.75) is 45.4 Å². The summed E-state index contributed by atoms with van der Waals surface area (Å²) in [4.78, 5) is 3.22. The number of nitrogens with one attached hydrogen (secondary N) is 1. The second-order valence-electron chi connectivity index (χ2n) is 4.83. The predicted octanol–water partition coefficient (Wildman–Crippen LogP) is 4.99. The monoisotopic (exact) mass is 233 g/mol. The number of hydrogen-bond donors (Lipinski definition) is 1. The van der Waals surface area contributed by atoms with Gasteiger partial charge in [-0.05, 0) is 36.1 Å². The molecule has 2 heteroatoms. The van der Waals surface area contributed by atoms with Crippen LogP contribution in [-0.4, -0.2) is 4.98 Å².